The monoisotopic (exact) mass is 395 g/mol. The molecule has 1 amide bonds. The minimum atomic E-state index is -0.156. The SMILES string of the molecule is CCCN(Cc1nnc(-c2cccs2)o1)C(=O)c1ccc(Cl)c(Cl)c1. The summed E-state index contributed by atoms with van der Waals surface area (Å²) in [7, 11) is 0. The summed E-state index contributed by atoms with van der Waals surface area (Å²) in [4.78, 5) is 15.3. The number of hydrogen-bond acceptors (Lipinski definition) is 5. The van der Waals surface area contributed by atoms with Crippen LogP contribution in [0.1, 0.15) is 29.6 Å². The number of thiophene rings is 1. The van der Waals surface area contributed by atoms with Gasteiger partial charge in [0.1, 0.15) is 0 Å². The Morgan fingerprint density at radius 1 is 1.24 bits per heavy atom. The van der Waals surface area contributed by atoms with Gasteiger partial charge in [0.2, 0.25) is 5.89 Å². The zero-order valence-corrected chi connectivity index (χ0v) is 15.7. The first-order chi connectivity index (χ1) is 12.1. The van der Waals surface area contributed by atoms with Crippen molar-refractivity contribution in [1.82, 2.24) is 15.1 Å². The molecule has 5 nitrogen and oxygen atoms in total. The first-order valence-corrected chi connectivity index (χ1v) is 9.32. The van der Waals surface area contributed by atoms with Crippen LogP contribution in [0.15, 0.2) is 40.1 Å². The van der Waals surface area contributed by atoms with E-state index < -0.39 is 0 Å². The van der Waals surface area contributed by atoms with Crippen molar-refractivity contribution in [3.8, 4) is 10.8 Å². The van der Waals surface area contributed by atoms with E-state index in [2.05, 4.69) is 10.2 Å². The van der Waals surface area contributed by atoms with Gasteiger partial charge in [0.15, 0.2) is 0 Å². The second-order valence-corrected chi connectivity index (χ2v) is 7.10. The van der Waals surface area contributed by atoms with E-state index in [9.17, 15) is 4.79 Å². The molecule has 130 valence electrons. The van der Waals surface area contributed by atoms with Crippen LogP contribution in [0.2, 0.25) is 10.0 Å². The van der Waals surface area contributed by atoms with Crippen LogP contribution in [0.4, 0.5) is 0 Å². The lowest BCUT2D eigenvalue weighted by Crippen LogP contribution is -2.31. The molecule has 0 N–H and O–H groups in total. The van der Waals surface area contributed by atoms with Gasteiger partial charge in [-0.1, -0.05) is 36.2 Å². The van der Waals surface area contributed by atoms with Gasteiger partial charge in [0.25, 0.3) is 11.8 Å². The predicted octanol–water partition coefficient (Wildman–Crippen LogP) is 5.16. The number of hydrogen-bond donors (Lipinski definition) is 0. The van der Waals surface area contributed by atoms with E-state index in [-0.39, 0.29) is 12.5 Å². The van der Waals surface area contributed by atoms with Gasteiger partial charge in [-0.25, -0.2) is 0 Å². The third kappa shape index (κ3) is 4.21. The second kappa shape index (κ2) is 7.99. The Morgan fingerprint density at radius 2 is 2.08 bits per heavy atom. The first-order valence-electron chi connectivity index (χ1n) is 7.69. The maximum Gasteiger partial charge on any atom is 0.257 e. The van der Waals surface area contributed by atoms with Gasteiger partial charge in [-0.15, -0.1) is 21.5 Å². The van der Waals surface area contributed by atoms with Crippen LogP contribution >= 0.6 is 34.5 Å². The molecule has 0 saturated carbocycles. The molecular formula is C17H15Cl2N3O2S. The zero-order valence-electron chi connectivity index (χ0n) is 13.4. The van der Waals surface area contributed by atoms with Gasteiger partial charge in [-0.3, -0.25) is 4.79 Å². The van der Waals surface area contributed by atoms with Gasteiger partial charge >= 0.3 is 0 Å². The summed E-state index contributed by atoms with van der Waals surface area (Å²) in [5, 5.41) is 10.8. The van der Waals surface area contributed by atoms with Crippen LogP contribution < -0.4 is 0 Å². The summed E-state index contributed by atoms with van der Waals surface area (Å²) in [6.45, 7) is 2.81. The van der Waals surface area contributed by atoms with Crippen LogP contribution in [0.25, 0.3) is 10.8 Å². The maximum absolute atomic E-state index is 12.8. The molecule has 0 unspecified atom stereocenters. The van der Waals surface area contributed by atoms with E-state index in [4.69, 9.17) is 27.6 Å². The average molecular weight is 396 g/mol. The Labute approximate surface area is 159 Å². The third-order valence-electron chi connectivity index (χ3n) is 3.47. The van der Waals surface area contributed by atoms with E-state index >= 15 is 0 Å². The van der Waals surface area contributed by atoms with Gasteiger partial charge in [0, 0.05) is 12.1 Å². The highest BCUT2D eigenvalue weighted by atomic mass is 35.5. The lowest BCUT2D eigenvalue weighted by atomic mass is 10.2. The fourth-order valence-electron chi connectivity index (χ4n) is 2.31. The Kier molecular flexibility index (Phi) is 5.73. The summed E-state index contributed by atoms with van der Waals surface area (Å²) in [6, 6.07) is 8.67. The Balaban J connectivity index is 1.79. The Bertz CT molecular complexity index is 865. The third-order valence-corrected chi connectivity index (χ3v) is 5.07. The summed E-state index contributed by atoms with van der Waals surface area (Å²) in [5.74, 6) is 0.699. The van der Waals surface area contributed by atoms with Crippen LogP contribution in [0.5, 0.6) is 0 Å². The number of rotatable bonds is 6. The summed E-state index contributed by atoms with van der Waals surface area (Å²) >= 11 is 13.5. The second-order valence-electron chi connectivity index (χ2n) is 5.33. The molecule has 3 aromatic rings. The van der Waals surface area contributed by atoms with Crippen molar-refractivity contribution in [2.24, 2.45) is 0 Å². The molecule has 0 radical (unpaired) electrons. The number of benzene rings is 1. The number of nitrogens with zero attached hydrogens (tertiary/aromatic N) is 3. The molecule has 0 fully saturated rings. The molecule has 0 spiro atoms. The summed E-state index contributed by atoms with van der Waals surface area (Å²) in [5.41, 5.74) is 0.473. The van der Waals surface area contributed by atoms with Crippen molar-refractivity contribution in [1.29, 1.82) is 0 Å². The molecule has 2 aromatic heterocycles. The fourth-order valence-corrected chi connectivity index (χ4v) is 3.26. The number of carbonyl (C=O) groups is 1. The van der Waals surface area contributed by atoms with Crippen molar-refractivity contribution in [2.45, 2.75) is 19.9 Å². The van der Waals surface area contributed by atoms with Gasteiger partial charge in [-0.2, -0.15) is 0 Å². The predicted molar refractivity (Wildman–Crippen MR) is 99.1 cm³/mol. The smallest absolute Gasteiger partial charge is 0.257 e. The van der Waals surface area contributed by atoms with Gasteiger partial charge < -0.3 is 9.32 Å². The van der Waals surface area contributed by atoms with E-state index in [1.165, 1.54) is 11.3 Å². The number of halogens is 2. The highest BCUT2D eigenvalue weighted by molar-refractivity contribution is 7.13. The molecule has 0 aliphatic heterocycles. The first kappa shape index (κ1) is 17.9. The van der Waals surface area contributed by atoms with Crippen LogP contribution in [-0.4, -0.2) is 27.5 Å². The minimum absolute atomic E-state index is 0.156. The molecule has 0 saturated heterocycles. The largest absolute Gasteiger partial charge is 0.418 e. The zero-order chi connectivity index (χ0) is 17.8. The molecular weight excluding hydrogens is 381 g/mol. The summed E-state index contributed by atoms with van der Waals surface area (Å²) in [6.07, 6.45) is 0.805. The van der Waals surface area contributed by atoms with Crippen molar-refractivity contribution in [2.75, 3.05) is 6.54 Å². The van der Waals surface area contributed by atoms with Gasteiger partial charge in [0.05, 0.1) is 21.5 Å². The van der Waals surface area contributed by atoms with Crippen molar-refractivity contribution in [3.63, 3.8) is 0 Å². The highest BCUT2D eigenvalue weighted by Gasteiger charge is 2.19. The Morgan fingerprint density at radius 3 is 2.76 bits per heavy atom. The standard InChI is InChI=1S/C17H15Cl2N3O2S/c1-2-7-22(17(23)11-5-6-12(18)13(19)9-11)10-15-20-21-16(24-15)14-4-3-8-25-14/h3-6,8-9H,2,7,10H2,1H3. The molecule has 0 aliphatic carbocycles. The molecule has 2 heterocycles. The lowest BCUT2D eigenvalue weighted by molar-refractivity contribution is 0.0728. The number of amides is 1. The molecule has 8 heteroatoms. The Hall–Kier alpha value is -1.89. The molecule has 3 rings (SSSR count). The number of carbonyl (C=O) groups excluding carboxylic acids is 1. The van der Waals surface area contributed by atoms with Crippen molar-refractivity contribution in [3.05, 3.63) is 57.2 Å². The van der Waals surface area contributed by atoms with E-state index in [1.807, 2.05) is 24.4 Å². The highest BCUT2D eigenvalue weighted by Crippen LogP contribution is 2.25. The van der Waals surface area contributed by atoms with Crippen molar-refractivity contribution < 1.29 is 9.21 Å². The van der Waals surface area contributed by atoms with E-state index in [0.717, 1.165) is 11.3 Å². The molecule has 0 atom stereocenters. The molecule has 0 bridgehead atoms. The minimum Gasteiger partial charge on any atom is -0.418 e. The molecule has 25 heavy (non-hydrogen) atoms. The van der Waals surface area contributed by atoms with Crippen molar-refractivity contribution >= 4 is 40.4 Å². The van der Waals surface area contributed by atoms with Crippen LogP contribution in [0, 0.1) is 0 Å². The van der Waals surface area contributed by atoms with Crippen LogP contribution in [0.3, 0.4) is 0 Å². The average Bonchev–Trinajstić information content (AvgIpc) is 3.27. The summed E-state index contributed by atoms with van der Waals surface area (Å²) < 4.78 is 5.68. The lowest BCUT2D eigenvalue weighted by Gasteiger charge is -2.20. The number of aromatic nitrogens is 2. The fraction of sp³-hybridized carbons (Fsp3) is 0.235. The van der Waals surface area contributed by atoms with Gasteiger partial charge in [-0.05, 0) is 36.1 Å². The normalized spacial score (nSPS) is 10.8. The van der Waals surface area contributed by atoms with E-state index in [0.29, 0.717) is 33.9 Å². The molecule has 1 aromatic carbocycles. The van der Waals surface area contributed by atoms with E-state index in [1.54, 1.807) is 23.1 Å². The maximum atomic E-state index is 12.8. The topological polar surface area (TPSA) is 59.2 Å². The van der Waals surface area contributed by atoms with Crippen LogP contribution in [-0.2, 0) is 6.54 Å². The quantitative estimate of drug-likeness (QED) is 0.578. The molecule has 0 aliphatic rings.